The van der Waals surface area contributed by atoms with Crippen molar-refractivity contribution in [3.8, 4) is 5.75 Å². The average molecular weight is 325 g/mol. The highest BCUT2D eigenvalue weighted by Gasteiger charge is 2.10. The smallest absolute Gasteiger partial charge is 0.232 e. The predicted molar refractivity (Wildman–Crippen MR) is 79.7 cm³/mol. The molecule has 1 aromatic carbocycles. The van der Waals surface area contributed by atoms with Crippen molar-refractivity contribution >= 4 is 31.3 Å². The topological polar surface area (TPSA) is 43.4 Å². The molecule has 0 aliphatic rings. The number of ether oxygens (including phenoxy) is 1. The Kier molecular flexibility index (Phi) is 6.43. The van der Waals surface area contributed by atoms with Crippen molar-refractivity contribution in [3.05, 3.63) is 28.8 Å². The fourth-order valence-electron chi connectivity index (χ4n) is 1.63. The number of hydrogen-bond acceptors (Lipinski definition) is 3. The maximum atomic E-state index is 10.8. The van der Waals surface area contributed by atoms with Gasteiger partial charge in [0.15, 0.2) is 0 Å². The predicted octanol–water partition coefficient (Wildman–Crippen LogP) is 4.01. The molecule has 0 radical (unpaired) electrons. The Morgan fingerprint density at radius 2 is 2.00 bits per heavy atom. The number of halogens is 2. The molecule has 0 amide bonds. The fourth-order valence-corrected chi connectivity index (χ4v) is 2.81. The molecule has 0 saturated heterocycles. The van der Waals surface area contributed by atoms with Gasteiger partial charge in [-0.1, -0.05) is 18.5 Å². The van der Waals surface area contributed by atoms with E-state index in [-0.39, 0.29) is 11.7 Å². The van der Waals surface area contributed by atoms with E-state index in [9.17, 15) is 8.42 Å². The second-order valence-corrected chi connectivity index (χ2v) is 8.02. The lowest BCUT2D eigenvalue weighted by Crippen LogP contribution is -2.08. The quantitative estimate of drug-likeness (QED) is 0.711. The maximum absolute atomic E-state index is 10.8. The highest BCUT2D eigenvalue weighted by molar-refractivity contribution is 8.13. The van der Waals surface area contributed by atoms with E-state index in [1.165, 1.54) is 0 Å². The molecule has 0 N–H and O–H groups in total. The van der Waals surface area contributed by atoms with Crippen LogP contribution in [-0.4, -0.2) is 20.8 Å². The average Bonchev–Trinajstić information content (AvgIpc) is 2.28. The molecule has 0 saturated carbocycles. The molecule has 1 atom stereocenters. The van der Waals surface area contributed by atoms with Gasteiger partial charge in [-0.2, -0.15) is 0 Å². The summed E-state index contributed by atoms with van der Waals surface area (Å²) in [5, 5.41) is 0.686. The summed E-state index contributed by atoms with van der Waals surface area (Å²) in [7, 11) is 1.78. The van der Waals surface area contributed by atoms with Crippen LogP contribution in [-0.2, 0) is 9.05 Å². The van der Waals surface area contributed by atoms with E-state index in [1.54, 1.807) is 6.07 Å². The molecule has 3 nitrogen and oxygen atoms in total. The van der Waals surface area contributed by atoms with Crippen LogP contribution in [0.5, 0.6) is 5.75 Å². The van der Waals surface area contributed by atoms with E-state index in [2.05, 4.69) is 0 Å². The second kappa shape index (κ2) is 7.36. The number of aryl methyl sites for hydroxylation is 1. The zero-order valence-corrected chi connectivity index (χ0v) is 13.4. The zero-order valence-electron chi connectivity index (χ0n) is 11.0. The summed E-state index contributed by atoms with van der Waals surface area (Å²) in [6.45, 7) is 4.47. The molecular weight excluding hydrogens is 307 g/mol. The number of rotatable bonds is 7. The summed E-state index contributed by atoms with van der Waals surface area (Å²) in [5.74, 6) is 1.07. The van der Waals surface area contributed by atoms with Gasteiger partial charge in [-0.15, -0.1) is 0 Å². The van der Waals surface area contributed by atoms with Crippen LogP contribution >= 0.6 is 22.3 Å². The summed E-state index contributed by atoms with van der Waals surface area (Å²) in [6, 6.07) is 5.47. The SMILES string of the molecule is Cc1cc(Cl)ccc1OCCC(C)CCS(=O)(=O)Cl. The molecule has 108 valence electrons. The summed E-state index contributed by atoms with van der Waals surface area (Å²) >= 11 is 5.86. The Hall–Kier alpha value is -0.450. The van der Waals surface area contributed by atoms with Gasteiger partial charge in [0.1, 0.15) is 5.75 Å². The Bertz CT molecular complexity index is 515. The largest absolute Gasteiger partial charge is 0.493 e. The van der Waals surface area contributed by atoms with E-state index < -0.39 is 9.05 Å². The van der Waals surface area contributed by atoms with E-state index in [1.807, 2.05) is 26.0 Å². The first-order valence-electron chi connectivity index (χ1n) is 6.09. The van der Waals surface area contributed by atoms with Crippen molar-refractivity contribution in [1.82, 2.24) is 0 Å². The Balaban J connectivity index is 2.33. The molecule has 19 heavy (non-hydrogen) atoms. The third kappa shape index (κ3) is 7.04. The molecule has 1 rings (SSSR count). The Labute approximate surface area is 124 Å². The standard InChI is InChI=1S/C13H18Cl2O3S/c1-10(6-8-19(15,16)17)5-7-18-13-4-3-12(14)9-11(13)2/h3-4,9-10H,5-8H2,1-2H3. The molecule has 0 aliphatic heterocycles. The van der Waals surface area contributed by atoms with Gasteiger partial charge in [0.25, 0.3) is 0 Å². The summed E-state index contributed by atoms with van der Waals surface area (Å²) in [6.07, 6.45) is 1.34. The van der Waals surface area contributed by atoms with Crippen LogP contribution in [0.15, 0.2) is 18.2 Å². The molecule has 0 spiro atoms. The molecular formula is C13H18Cl2O3S. The van der Waals surface area contributed by atoms with Crippen molar-refractivity contribution in [2.75, 3.05) is 12.4 Å². The van der Waals surface area contributed by atoms with Gasteiger partial charge >= 0.3 is 0 Å². The van der Waals surface area contributed by atoms with E-state index in [4.69, 9.17) is 27.0 Å². The van der Waals surface area contributed by atoms with Crippen LogP contribution in [0.1, 0.15) is 25.3 Å². The third-order valence-corrected chi connectivity index (χ3v) is 4.28. The maximum Gasteiger partial charge on any atom is 0.232 e. The van der Waals surface area contributed by atoms with Crippen LogP contribution in [0.25, 0.3) is 0 Å². The zero-order chi connectivity index (χ0) is 14.5. The van der Waals surface area contributed by atoms with Gasteiger partial charge in [0.05, 0.1) is 12.4 Å². The first kappa shape index (κ1) is 16.6. The minimum absolute atomic E-state index is 0.00962. The molecule has 0 fully saturated rings. The summed E-state index contributed by atoms with van der Waals surface area (Å²) < 4.78 is 27.3. The van der Waals surface area contributed by atoms with Gasteiger partial charge in [0, 0.05) is 15.7 Å². The monoisotopic (exact) mass is 324 g/mol. The lowest BCUT2D eigenvalue weighted by molar-refractivity contribution is 0.280. The van der Waals surface area contributed by atoms with Crippen molar-refractivity contribution in [2.24, 2.45) is 5.92 Å². The van der Waals surface area contributed by atoms with Crippen LogP contribution < -0.4 is 4.74 Å². The normalized spacial score (nSPS) is 13.3. The van der Waals surface area contributed by atoms with Crippen molar-refractivity contribution in [1.29, 1.82) is 0 Å². The highest BCUT2D eigenvalue weighted by Crippen LogP contribution is 2.22. The van der Waals surface area contributed by atoms with Crippen LogP contribution in [0.2, 0.25) is 5.02 Å². The lowest BCUT2D eigenvalue weighted by atomic mass is 10.1. The van der Waals surface area contributed by atoms with E-state index in [0.29, 0.717) is 18.1 Å². The highest BCUT2D eigenvalue weighted by atomic mass is 35.7. The second-order valence-electron chi connectivity index (χ2n) is 4.68. The molecule has 1 unspecified atom stereocenters. The Morgan fingerprint density at radius 1 is 1.32 bits per heavy atom. The van der Waals surface area contributed by atoms with Gasteiger partial charge in [-0.25, -0.2) is 8.42 Å². The third-order valence-electron chi connectivity index (χ3n) is 2.86. The molecule has 0 aliphatic carbocycles. The summed E-state index contributed by atoms with van der Waals surface area (Å²) in [4.78, 5) is 0. The van der Waals surface area contributed by atoms with Crippen molar-refractivity contribution in [3.63, 3.8) is 0 Å². The lowest BCUT2D eigenvalue weighted by Gasteiger charge is -2.13. The van der Waals surface area contributed by atoms with Gasteiger partial charge in [-0.05, 0) is 49.4 Å². The van der Waals surface area contributed by atoms with E-state index in [0.717, 1.165) is 17.7 Å². The molecule has 0 bridgehead atoms. The number of hydrogen-bond donors (Lipinski definition) is 0. The van der Waals surface area contributed by atoms with Crippen molar-refractivity contribution < 1.29 is 13.2 Å². The van der Waals surface area contributed by atoms with Gasteiger partial charge in [-0.3, -0.25) is 0 Å². The molecule has 6 heteroatoms. The first-order valence-corrected chi connectivity index (χ1v) is 8.95. The Morgan fingerprint density at radius 3 is 2.58 bits per heavy atom. The van der Waals surface area contributed by atoms with Gasteiger partial charge < -0.3 is 4.74 Å². The molecule has 1 aromatic rings. The van der Waals surface area contributed by atoms with Crippen molar-refractivity contribution in [2.45, 2.75) is 26.7 Å². The summed E-state index contributed by atoms with van der Waals surface area (Å²) in [5.41, 5.74) is 0.989. The molecule has 0 heterocycles. The minimum atomic E-state index is -3.39. The van der Waals surface area contributed by atoms with Gasteiger partial charge in [0.2, 0.25) is 9.05 Å². The van der Waals surface area contributed by atoms with Crippen LogP contribution in [0.4, 0.5) is 0 Å². The fraction of sp³-hybridized carbons (Fsp3) is 0.538. The first-order chi connectivity index (χ1) is 8.78. The number of benzene rings is 1. The van der Waals surface area contributed by atoms with E-state index >= 15 is 0 Å². The van der Waals surface area contributed by atoms with Crippen LogP contribution in [0, 0.1) is 12.8 Å². The molecule has 0 aromatic heterocycles. The van der Waals surface area contributed by atoms with Crippen LogP contribution in [0.3, 0.4) is 0 Å². The minimum Gasteiger partial charge on any atom is -0.493 e.